The third kappa shape index (κ3) is 2.95. The van der Waals surface area contributed by atoms with Crippen LogP contribution in [0.3, 0.4) is 0 Å². The first-order valence-corrected chi connectivity index (χ1v) is 5.30. The number of piperazine rings is 1. The van der Waals surface area contributed by atoms with Gasteiger partial charge in [0.2, 0.25) is 0 Å². The van der Waals surface area contributed by atoms with E-state index in [0.29, 0.717) is 13.2 Å². The van der Waals surface area contributed by atoms with Gasteiger partial charge in [-0.15, -0.1) is 6.42 Å². The molecular weight excluding hydrogens is 192 g/mol. The maximum Gasteiger partial charge on any atom is 0.324 e. The highest BCUT2D eigenvalue weighted by atomic mass is 16.5. The zero-order valence-corrected chi connectivity index (χ0v) is 9.32. The van der Waals surface area contributed by atoms with Crippen molar-refractivity contribution in [3.05, 3.63) is 0 Å². The van der Waals surface area contributed by atoms with E-state index >= 15 is 0 Å². The van der Waals surface area contributed by atoms with Crippen LogP contribution in [0.4, 0.5) is 0 Å². The predicted octanol–water partition coefficient (Wildman–Crippen LogP) is -0.155. The van der Waals surface area contributed by atoms with Gasteiger partial charge in [0.05, 0.1) is 12.6 Å². The molecule has 0 amide bonds. The van der Waals surface area contributed by atoms with Crippen molar-refractivity contribution in [1.82, 2.24) is 10.2 Å². The van der Waals surface area contributed by atoms with E-state index in [2.05, 4.69) is 11.2 Å². The molecule has 0 aromatic heterocycles. The van der Waals surface area contributed by atoms with Gasteiger partial charge in [-0.3, -0.25) is 9.69 Å². The Morgan fingerprint density at radius 2 is 2.53 bits per heavy atom. The standard InChI is InChI=1S/C11H18N2O2/c1-4-9(3)13-7-6-12-8-10(13)11(14)15-5-2/h1,9-10,12H,5-8H2,2-3H3. The SMILES string of the molecule is C#CC(C)N1CCNCC1C(=O)OCC. The summed E-state index contributed by atoms with van der Waals surface area (Å²) in [5.41, 5.74) is 0. The molecule has 1 aliphatic rings. The Kier molecular flexibility index (Phi) is 4.60. The Labute approximate surface area is 91.0 Å². The van der Waals surface area contributed by atoms with E-state index in [1.54, 1.807) is 0 Å². The number of hydrogen-bond donors (Lipinski definition) is 1. The molecule has 1 rings (SSSR count). The maximum absolute atomic E-state index is 11.7. The monoisotopic (exact) mass is 210 g/mol. The van der Waals surface area contributed by atoms with Gasteiger partial charge in [-0.2, -0.15) is 0 Å². The second-order valence-electron chi connectivity index (χ2n) is 3.55. The Balaban J connectivity index is 2.65. The number of esters is 1. The fourth-order valence-corrected chi connectivity index (χ4v) is 1.74. The molecule has 0 radical (unpaired) electrons. The number of carbonyl (C=O) groups excluding carboxylic acids is 1. The molecule has 4 nitrogen and oxygen atoms in total. The van der Waals surface area contributed by atoms with Crippen LogP contribution in [-0.4, -0.2) is 49.2 Å². The van der Waals surface area contributed by atoms with Gasteiger partial charge in [-0.25, -0.2) is 0 Å². The summed E-state index contributed by atoms with van der Waals surface area (Å²) >= 11 is 0. The Morgan fingerprint density at radius 3 is 3.13 bits per heavy atom. The van der Waals surface area contributed by atoms with E-state index in [4.69, 9.17) is 11.2 Å². The molecule has 0 bridgehead atoms. The number of ether oxygens (including phenoxy) is 1. The van der Waals surface area contributed by atoms with Crippen molar-refractivity contribution in [1.29, 1.82) is 0 Å². The van der Waals surface area contributed by atoms with Crippen molar-refractivity contribution in [3.63, 3.8) is 0 Å². The minimum atomic E-state index is -0.246. The molecule has 0 saturated carbocycles. The first kappa shape index (κ1) is 12.0. The average Bonchev–Trinajstić information content (AvgIpc) is 2.28. The predicted molar refractivity (Wildman–Crippen MR) is 58.3 cm³/mol. The van der Waals surface area contributed by atoms with Gasteiger partial charge in [-0.1, -0.05) is 5.92 Å². The van der Waals surface area contributed by atoms with Crippen LogP contribution < -0.4 is 5.32 Å². The largest absolute Gasteiger partial charge is 0.465 e. The molecule has 1 N–H and O–H groups in total. The molecule has 2 atom stereocenters. The third-order valence-corrected chi connectivity index (χ3v) is 2.58. The van der Waals surface area contributed by atoms with Crippen LogP contribution in [0.15, 0.2) is 0 Å². The van der Waals surface area contributed by atoms with Gasteiger partial charge >= 0.3 is 5.97 Å². The molecule has 0 spiro atoms. The summed E-state index contributed by atoms with van der Waals surface area (Å²) in [4.78, 5) is 13.7. The second-order valence-corrected chi connectivity index (χ2v) is 3.55. The zero-order valence-electron chi connectivity index (χ0n) is 9.32. The van der Waals surface area contributed by atoms with Crippen molar-refractivity contribution in [2.75, 3.05) is 26.2 Å². The molecule has 1 heterocycles. The van der Waals surface area contributed by atoms with Crippen molar-refractivity contribution < 1.29 is 9.53 Å². The molecule has 1 saturated heterocycles. The van der Waals surface area contributed by atoms with Crippen LogP contribution in [0.2, 0.25) is 0 Å². The highest BCUT2D eigenvalue weighted by Crippen LogP contribution is 2.09. The number of nitrogens with zero attached hydrogens (tertiary/aromatic N) is 1. The van der Waals surface area contributed by atoms with Crippen molar-refractivity contribution in [2.45, 2.75) is 25.9 Å². The molecule has 84 valence electrons. The summed E-state index contributed by atoms with van der Waals surface area (Å²) in [6, 6.07) is -0.272. The number of rotatable bonds is 3. The molecule has 0 aliphatic carbocycles. The van der Waals surface area contributed by atoms with Crippen molar-refractivity contribution in [2.24, 2.45) is 0 Å². The van der Waals surface area contributed by atoms with E-state index in [0.717, 1.165) is 13.1 Å². The summed E-state index contributed by atoms with van der Waals surface area (Å²) in [7, 11) is 0. The lowest BCUT2D eigenvalue weighted by molar-refractivity contribution is -0.150. The Bertz CT molecular complexity index is 260. The first-order valence-electron chi connectivity index (χ1n) is 5.30. The lowest BCUT2D eigenvalue weighted by Gasteiger charge is -2.36. The number of hydrogen-bond acceptors (Lipinski definition) is 4. The minimum Gasteiger partial charge on any atom is -0.465 e. The summed E-state index contributed by atoms with van der Waals surface area (Å²) in [6.45, 7) is 6.41. The minimum absolute atomic E-state index is 0.0264. The van der Waals surface area contributed by atoms with Crippen LogP contribution in [0, 0.1) is 12.3 Å². The molecule has 1 aliphatic heterocycles. The molecular formula is C11H18N2O2. The van der Waals surface area contributed by atoms with Crippen molar-refractivity contribution >= 4 is 5.97 Å². The van der Waals surface area contributed by atoms with Crippen LogP contribution >= 0.6 is 0 Å². The van der Waals surface area contributed by atoms with Crippen LogP contribution in [0.5, 0.6) is 0 Å². The topological polar surface area (TPSA) is 41.6 Å². The van der Waals surface area contributed by atoms with Crippen LogP contribution in [0.1, 0.15) is 13.8 Å². The molecule has 1 fully saturated rings. The normalized spacial score (nSPS) is 24.2. The fraction of sp³-hybridized carbons (Fsp3) is 0.727. The first-order chi connectivity index (χ1) is 7.20. The van der Waals surface area contributed by atoms with E-state index in [-0.39, 0.29) is 18.1 Å². The lowest BCUT2D eigenvalue weighted by Crippen LogP contribution is -2.57. The number of carbonyl (C=O) groups is 1. The van der Waals surface area contributed by atoms with Gasteiger partial charge in [0, 0.05) is 19.6 Å². The van der Waals surface area contributed by atoms with Crippen LogP contribution in [0.25, 0.3) is 0 Å². The third-order valence-electron chi connectivity index (χ3n) is 2.58. The summed E-state index contributed by atoms with van der Waals surface area (Å²) in [5, 5.41) is 3.17. The highest BCUT2D eigenvalue weighted by Gasteiger charge is 2.31. The maximum atomic E-state index is 11.7. The summed E-state index contributed by atoms with van der Waals surface area (Å²) in [5.74, 6) is 2.46. The van der Waals surface area contributed by atoms with Gasteiger partial charge in [-0.05, 0) is 13.8 Å². The summed E-state index contributed by atoms with van der Waals surface area (Å²) < 4.78 is 5.02. The molecule has 4 heteroatoms. The van der Waals surface area contributed by atoms with Gasteiger partial charge in [0.1, 0.15) is 6.04 Å². The number of nitrogens with one attached hydrogen (secondary N) is 1. The van der Waals surface area contributed by atoms with Crippen LogP contribution in [-0.2, 0) is 9.53 Å². The smallest absolute Gasteiger partial charge is 0.324 e. The van der Waals surface area contributed by atoms with Crippen molar-refractivity contribution in [3.8, 4) is 12.3 Å². The molecule has 0 aromatic rings. The van der Waals surface area contributed by atoms with Gasteiger partial charge in [0.15, 0.2) is 0 Å². The molecule has 15 heavy (non-hydrogen) atoms. The second kappa shape index (κ2) is 5.74. The van der Waals surface area contributed by atoms with Gasteiger partial charge in [0.25, 0.3) is 0 Å². The number of terminal acetylenes is 1. The van der Waals surface area contributed by atoms with E-state index < -0.39 is 0 Å². The van der Waals surface area contributed by atoms with Gasteiger partial charge < -0.3 is 10.1 Å². The Morgan fingerprint density at radius 1 is 1.80 bits per heavy atom. The zero-order chi connectivity index (χ0) is 11.3. The van der Waals surface area contributed by atoms with E-state index in [9.17, 15) is 4.79 Å². The fourth-order valence-electron chi connectivity index (χ4n) is 1.74. The summed E-state index contributed by atoms with van der Waals surface area (Å²) in [6.07, 6.45) is 5.38. The molecule has 0 aromatic carbocycles. The molecule has 2 unspecified atom stereocenters. The average molecular weight is 210 g/mol. The van der Waals surface area contributed by atoms with E-state index in [1.165, 1.54) is 0 Å². The lowest BCUT2D eigenvalue weighted by atomic mass is 10.1. The Hall–Kier alpha value is -1.05. The van der Waals surface area contributed by atoms with E-state index in [1.807, 2.05) is 18.7 Å². The highest BCUT2D eigenvalue weighted by molar-refractivity contribution is 5.76. The quantitative estimate of drug-likeness (QED) is 0.519.